The number of hydrogen-bond acceptors (Lipinski definition) is 2. The fourth-order valence-electron chi connectivity index (χ4n) is 3.06. The Morgan fingerprint density at radius 2 is 1.92 bits per heavy atom. The number of nitrogens with zero attached hydrogens (tertiary/aromatic N) is 1. The largest absolute Gasteiger partial charge is 0.376 e. The van der Waals surface area contributed by atoms with Crippen LogP contribution in [0.3, 0.4) is 0 Å². The molecule has 0 saturated carbocycles. The van der Waals surface area contributed by atoms with E-state index in [1.807, 2.05) is 24.3 Å². The molecule has 1 atom stereocenters. The summed E-state index contributed by atoms with van der Waals surface area (Å²) in [4.78, 5) is 14.4. The number of hydrogen-bond donors (Lipinski definition) is 0. The molecule has 0 aromatic heterocycles. The molecular formula is C20H22FNO2. The van der Waals surface area contributed by atoms with Crippen LogP contribution in [0, 0.1) is 5.82 Å². The Labute approximate surface area is 142 Å². The van der Waals surface area contributed by atoms with Gasteiger partial charge in [-0.1, -0.05) is 24.3 Å². The zero-order valence-corrected chi connectivity index (χ0v) is 13.9. The second-order valence-corrected chi connectivity index (χ2v) is 6.27. The van der Waals surface area contributed by atoms with Crippen molar-refractivity contribution in [3.8, 4) is 11.1 Å². The van der Waals surface area contributed by atoms with E-state index in [0.29, 0.717) is 12.1 Å². The van der Waals surface area contributed by atoms with Crippen molar-refractivity contribution < 1.29 is 13.9 Å². The Hall–Kier alpha value is -2.20. The number of rotatable bonds is 4. The number of likely N-dealkylation sites (N-methyl/N-ethyl adjacent to an activating group) is 1. The van der Waals surface area contributed by atoms with Gasteiger partial charge < -0.3 is 9.64 Å². The van der Waals surface area contributed by atoms with Gasteiger partial charge in [-0.3, -0.25) is 4.79 Å². The van der Waals surface area contributed by atoms with Gasteiger partial charge in [0.15, 0.2) is 0 Å². The highest BCUT2D eigenvalue weighted by Gasteiger charge is 2.20. The number of halogens is 1. The standard InChI is InChI=1S/C20H22FNO2/c1-22(14-19-10-2-3-11-24-19)20(23)17-8-4-6-15(12-17)16-7-5-9-18(21)13-16/h4-9,12-13,19H,2-3,10-11,14H2,1H3/t19-/m0/s1. The Balaban J connectivity index is 1.74. The predicted octanol–water partition coefficient (Wildman–Crippen LogP) is 4.13. The van der Waals surface area contributed by atoms with Gasteiger partial charge in [-0.15, -0.1) is 0 Å². The van der Waals surface area contributed by atoms with Gasteiger partial charge >= 0.3 is 0 Å². The molecule has 2 aromatic carbocycles. The third kappa shape index (κ3) is 4.01. The van der Waals surface area contributed by atoms with E-state index >= 15 is 0 Å². The van der Waals surface area contributed by atoms with E-state index in [1.165, 1.54) is 12.1 Å². The zero-order chi connectivity index (χ0) is 16.9. The zero-order valence-electron chi connectivity index (χ0n) is 13.9. The highest BCUT2D eigenvalue weighted by molar-refractivity contribution is 5.95. The first-order valence-electron chi connectivity index (χ1n) is 8.36. The minimum absolute atomic E-state index is 0.0394. The number of carbonyl (C=O) groups excluding carboxylic acids is 1. The molecule has 0 aliphatic carbocycles. The first kappa shape index (κ1) is 16.7. The van der Waals surface area contributed by atoms with Crippen LogP contribution in [0.15, 0.2) is 48.5 Å². The molecule has 1 aliphatic heterocycles. The minimum atomic E-state index is -0.282. The lowest BCUT2D eigenvalue weighted by molar-refractivity contribution is -0.000186. The molecule has 0 spiro atoms. The molecule has 3 nitrogen and oxygen atoms in total. The molecule has 1 fully saturated rings. The molecule has 1 aliphatic rings. The first-order chi connectivity index (χ1) is 11.6. The molecule has 1 heterocycles. The van der Waals surface area contributed by atoms with E-state index < -0.39 is 0 Å². The quantitative estimate of drug-likeness (QED) is 0.845. The lowest BCUT2D eigenvalue weighted by Crippen LogP contribution is -2.37. The van der Waals surface area contributed by atoms with Crippen LogP contribution in [0.2, 0.25) is 0 Å². The molecular weight excluding hydrogens is 305 g/mol. The molecule has 1 saturated heterocycles. The topological polar surface area (TPSA) is 29.5 Å². The lowest BCUT2D eigenvalue weighted by atomic mass is 10.0. The van der Waals surface area contributed by atoms with Gasteiger partial charge in [-0.05, 0) is 54.7 Å². The second-order valence-electron chi connectivity index (χ2n) is 6.27. The van der Waals surface area contributed by atoms with Crippen molar-refractivity contribution in [1.82, 2.24) is 4.90 Å². The number of benzene rings is 2. The van der Waals surface area contributed by atoms with Crippen molar-refractivity contribution in [1.29, 1.82) is 0 Å². The summed E-state index contributed by atoms with van der Waals surface area (Å²) in [6, 6.07) is 13.7. The first-order valence-corrected chi connectivity index (χ1v) is 8.36. The summed E-state index contributed by atoms with van der Waals surface area (Å²) in [6.45, 7) is 1.38. The summed E-state index contributed by atoms with van der Waals surface area (Å²) in [7, 11) is 1.80. The van der Waals surface area contributed by atoms with Crippen LogP contribution in [-0.4, -0.2) is 37.1 Å². The van der Waals surface area contributed by atoms with Crippen LogP contribution in [-0.2, 0) is 4.74 Å². The van der Waals surface area contributed by atoms with Crippen molar-refractivity contribution >= 4 is 5.91 Å². The van der Waals surface area contributed by atoms with Crippen LogP contribution >= 0.6 is 0 Å². The number of amides is 1. The summed E-state index contributed by atoms with van der Waals surface area (Å²) in [5, 5.41) is 0. The van der Waals surface area contributed by atoms with Crippen LogP contribution in [0.5, 0.6) is 0 Å². The van der Waals surface area contributed by atoms with Crippen LogP contribution in [0.25, 0.3) is 11.1 Å². The van der Waals surface area contributed by atoms with Crippen LogP contribution in [0.4, 0.5) is 4.39 Å². The number of ether oxygens (including phenoxy) is 1. The fourth-order valence-corrected chi connectivity index (χ4v) is 3.06. The maximum atomic E-state index is 13.4. The molecule has 0 N–H and O–H groups in total. The van der Waals surface area contributed by atoms with E-state index in [4.69, 9.17) is 4.74 Å². The second kappa shape index (κ2) is 7.58. The Morgan fingerprint density at radius 3 is 2.62 bits per heavy atom. The highest BCUT2D eigenvalue weighted by Crippen LogP contribution is 2.22. The molecule has 3 rings (SSSR count). The monoisotopic (exact) mass is 327 g/mol. The molecule has 1 amide bonds. The van der Waals surface area contributed by atoms with Crippen molar-refractivity contribution in [3.05, 3.63) is 59.9 Å². The lowest BCUT2D eigenvalue weighted by Gasteiger charge is -2.27. The normalized spacial score (nSPS) is 17.5. The van der Waals surface area contributed by atoms with Gasteiger partial charge in [0.05, 0.1) is 6.10 Å². The molecule has 4 heteroatoms. The Kier molecular flexibility index (Phi) is 5.26. The van der Waals surface area contributed by atoms with Crippen molar-refractivity contribution in [2.75, 3.05) is 20.2 Å². The van der Waals surface area contributed by atoms with Gasteiger partial charge in [0.1, 0.15) is 5.82 Å². The molecule has 2 aromatic rings. The van der Waals surface area contributed by atoms with E-state index in [9.17, 15) is 9.18 Å². The third-order valence-corrected chi connectivity index (χ3v) is 4.37. The Morgan fingerprint density at radius 1 is 1.17 bits per heavy atom. The summed E-state index contributed by atoms with van der Waals surface area (Å²) < 4.78 is 19.1. The maximum absolute atomic E-state index is 13.4. The maximum Gasteiger partial charge on any atom is 0.253 e. The van der Waals surface area contributed by atoms with Gasteiger partial charge in [0.25, 0.3) is 5.91 Å². The van der Waals surface area contributed by atoms with E-state index in [1.54, 1.807) is 24.1 Å². The van der Waals surface area contributed by atoms with Crippen molar-refractivity contribution in [2.45, 2.75) is 25.4 Å². The molecule has 24 heavy (non-hydrogen) atoms. The third-order valence-electron chi connectivity index (χ3n) is 4.37. The number of carbonyl (C=O) groups is 1. The Bertz CT molecular complexity index is 710. The van der Waals surface area contributed by atoms with E-state index in [2.05, 4.69) is 0 Å². The van der Waals surface area contributed by atoms with Gasteiger partial charge in [0.2, 0.25) is 0 Å². The van der Waals surface area contributed by atoms with Gasteiger partial charge in [-0.25, -0.2) is 4.39 Å². The highest BCUT2D eigenvalue weighted by atomic mass is 19.1. The molecule has 0 bridgehead atoms. The smallest absolute Gasteiger partial charge is 0.253 e. The van der Waals surface area contributed by atoms with Gasteiger partial charge in [0, 0.05) is 25.8 Å². The summed E-state index contributed by atoms with van der Waals surface area (Å²) >= 11 is 0. The SMILES string of the molecule is CN(C[C@@H]1CCCCO1)C(=O)c1cccc(-c2cccc(F)c2)c1. The van der Waals surface area contributed by atoms with Crippen LogP contribution in [0.1, 0.15) is 29.6 Å². The molecule has 0 unspecified atom stereocenters. The minimum Gasteiger partial charge on any atom is -0.376 e. The fraction of sp³-hybridized carbons (Fsp3) is 0.350. The van der Waals surface area contributed by atoms with Crippen molar-refractivity contribution in [2.24, 2.45) is 0 Å². The molecule has 0 radical (unpaired) electrons. The van der Waals surface area contributed by atoms with E-state index in [-0.39, 0.29) is 17.8 Å². The average Bonchev–Trinajstić information content (AvgIpc) is 2.62. The summed E-state index contributed by atoms with van der Waals surface area (Å²) in [5.74, 6) is -0.321. The molecule has 126 valence electrons. The predicted molar refractivity (Wildman–Crippen MR) is 92.4 cm³/mol. The average molecular weight is 327 g/mol. The van der Waals surface area contributed by atoms with Crippen molar-refractivity contribution in [3.63, 3.8) is 0 Å². The van der Waals surface area contributed by atoms with Crippen LogP contribution < -0.4 is 0 Å². The van der Waals surface area contributed by atoms with Gasteiger partial charge in [-0.2, -0.15) is 0 Å². The summed E-state index contributed by atoms with van der Waals surface area (Å²) in [6.07, 6.45) is 3.38. The summed E-state index contributed by atoms with van der Waals surface area (Å²) in [5.41, 5.74) is 2.21. The van der Waals surface area contributed by atoms with E-state index in [0.717, 1.165) is 37.0 Å².